The lowest BCUT2D eigenvalue weighted by atomic mass is 10.1. The lowest BCUT2D eigenvalue weighted by Gasteiger charge is -2.18. The molecule has 2 atom stereocenters. The van der Waals surface area contributed by atoms with Crippen LogP contribution < -0.4 is 5.32 Å². The summed E-state index contributed by atoms with van der Waals surface area (Å²) in [5.41, 5.74) is 2.61. The zero-order valence-corrected chi connectivity index (χ0v) is 14.8. The van der Waals surface area contributed by atoms with E-state index in [4.69, 9.17) is 4.74 Å². The molecule has 5 nitrogen and oxygen atoms in total. The van der Waals surface area contributed by atoms with Crippen LogP contribution in [0, 0.1) is 18.7 Å². The van der Waals surface area contributed by atoms with E-state index in [1.807, 2.05) is 13.8 Å². The lowest BCUT2D eigenvalue weighted by Crippen LogP contribution is -2.36. The average Bonchev–Trinajstić information content (AvgIpc) is 3.34. The Hall–Kier alpha value is -2.21. The van der Waals surface area contributed by atoms with Gasteiger partial charge in [-0.25, -0.2) is 9.07 Å². The molecule has 0 bridgehead atoms. The predicted molar refractivity (Wildman–Crippen MR) is 93.0 cm³/mol. The van der Waals surface area contributed by atoms with E-state index in [0.717, 1.165) is 16.9 Å². The number of carbonyl (C=O) groups excluding carboxylic acids is 1. The van der Waals surface area contributed by atoms with Crippen LogP contribution in [0.4, 0.5) is 4.39 Å². The number of benzene rings is 1. The normalized spacial score (nSPS) is 16.5. The second-order valence-electron chi connectivity index (χ2n) is 6.72. The summed E-state index contributed by atoms with van der Waals surface area (Å²) in [4.78, 5) is 12.3. The van der Waals surface area contributed by atoms with E-state index in [9.17, 15) is 9.18 Å². The topological polar surface area (TPSA) is 56.1 Å². The highest BCUT2D eigenvalue weighted by molar-refractivity contribution is 5.80. The molecule has 1 amide bonds. The number of hydrogen-bond acceptors (Lipinski definition) is 3. The van der Waals surface area contributed by atoms with Crippen LogP contribution in [0.1, 0.15) is 44.0 Å². The minimum Gasteiger partial charge on any atom is -0.368 e. The van der Waals surface area contributed by atoms with E-state index in [0.29, 0.717) is 12.5 Å². The van der Waals surface area contributed by atoms with Crippen LogP contribution in [0.15, 0.2) is 30.5 Å². The van der Waals surface area contributed by atoms with Crippen molar-refractivity contribution in [2.45, 2.75) is 45.8 Å². The lowest BCUT2D eigenvalue weighted by molar-refractivity contribution is -0.132. The fourth-order valence-electron chi connectivity index (χ4n) is 2.74. The zero-order valence-electron chi connectivity index (χ0n) is 14.8. The summed E-state index contributed by atoms with van der Waals surface area (Å²) in [7, 11) is 0. The second kappa shape index (κ2) is 7.35. The summed E-state index contributed by atoms with van der Waals surface area (Å²) in [6.07, 6.45) is 3.67. The number of nitrogens with zero attached hydrogens (tertiary/aromatic N) is 2. The van der Waals surface area contributed by atoms with Gasteiger partial charge in [-0.05, 0) is 63.8 Å². The van der Waals surface area contributed by atoms with Crippen molar-refractivity contribution < 1.29 is 13.9 Å². The molecular weight excluding hydrogens is 321 g/mol. The Bertz CT molecular complexity index is 738. The number of rotatable bonds is 7. The highest BCUT2D eigenvalue weighted by atomic mass is 19.1. The van der Waals surface area contributed by atoms with Crippen molar-refractivity contribution in [2.75, 3.05) is 6.61 Å². The van der Waals surface area contributed by atoms with Crippen LogP contribution in [0.25, 0.3) is 5.69 Å². The van der Waals surface area contributed by atoms with Crippen LogP contribution in [-0.2, 0) is 9.53 Å². The van der Waals surface area contributed by atoms with Gasteiger partial charge in [-0.2, -0.15) is 5.10 Å². The molecule has 0 unspecified atom stereocenters. The Morgan fingerprint density at radius 2 is 2.04 bits per heavy atom. The molecule has 0 saturated heterocycles. The van der Waals surface area contributed by atoms with E-state index < -0.39 is 6.10 Å². The Kier molecular flexibility index (Phi) is 5.18. The molecule has 3 rings (SSSR count). The second-order valence-corrected chi connectivity index (χ2v) is 6.72. The Labute approximate surface area is 147 Å². The maximum absolute atomic E-state index is 13.1. The molecule has 6 heteroatoms. The van der Waals surface area contributed by atoms with Crippen molar-refractivity contribution >= 4 is 5.91 Å². The van der Waals surface area contributed by atoms with Crippen molar-refractivity contribution in [3.63, 3.8) is 0 Å². The van der Waals surface area contributed by atoms with Crippen LogP contribution in [0.3, 0.4) is 0 Å². The number of halogens is 1. The molecule has 1 fully saturated rings. The number of carbonyl (C=O) groups is 1. The van der Waals surface area contributed by atoms with Gasteiger partial charge in [0, 0.05) is 11.3 Å². The van der Waals surface area contributed by atoms with Crippen LogP contribution in [0.5, 0.6) is 0 Å². The quantitative estimate of drug-likeness (QED) is 0.837. The van der Waals surface area contributed by atoms with Crippen LogP contribution in [0.2, 0.25) is 0 Å². The first-order valence-electron chi connectivity index (χ1n) is 8.68. The van der Waals surface area contributed by atoms with Crippen molar-refractivity contribution in [2.24, 2.45) is 5.92 Å². The molecule has 1 saturated carbocycles. The van der Waals surface area contributed by atoms with Crippen molar-refractivity contribution in [3.8, 4) is 5.69 Å². The van der Waals surface area contributed by atoms with Gasteiger partial charge in [-0.1, -0.05) is 0 Å². The summed E-state index contributed by atoms with van der Waals surface area (Å²) in [6.45, 7) is 6.29. The summed E-state index contributed by atoms with van der Waals surface area (Å²) < 4.78 is 20.4. The fraction of sp³-hybridized carbons (Fsp3) is 0.474. The van der Waals surface area contributed by atoms with Gasteiger partial charge in [0.1, 0.15) is 11.9 Å². The fourth-order valence-corrected chi connectivity index (χ4v) is 2.74. The van der Waals surface area contributed by atoms with Crippen LogP contribution >= 0.6 is 0 Å². The number of nitrogens with one attached hydrogen (secondary N) is 1. The van der Waals surface area contributed by atoms with Gasteiger partial charge in [0.2, 0.25) is 5.91 Å². The van der Waals surface area contributed by atoms with E-state index in [1.54, 1.807) is 29.9 Å². The molecule has 134 valence electrons. The van der Waals surface area contributed by atoms with E-state index in [-0.39, 0.29) is 17.8 Å². The molecule has 1 aromatic heterocycles. The highest BCUT2D eigenvalue weighted by Crippen LogP contribution is 2.29. The van der Waals surface area contributed by atoms with Gasteiger partial charge >= 0.3 is 0 Å². The summed E-state index contributed by atoms with van der Waals surface area (Å²) in [5.74, 6) is 0.223. The molecule has 25 heavy (non-hydrogen) atoms. The first-order chi connectivity index (χ1) is 12.0. The third-order valence-electron chi connectivity index (χ3n) is 4.59. The van der Waals surface area contributed by atoms with Crippen molar-refractivity contribution in [1.82, 2.24) is 15.1 Å². The minimum absolute atomic E-state index is 0.123. The SMILES string of the molecule is Cc1c([C@H](C)NC(=O)[C@@H](C)OCC2CC2)cnn1-c1ccc(F)cc1. The molecule has 0 radical (unpaired) electrons. The zero-order chi connectivity index (χ0) is 18.0. The van der Waals surface area contributed by atoms with Gasteiger partial charge in [0.25, 0.3) is 0 Å². The van der Waals surface area contributed by atoms with Gasteiger partial charge in [0.05, 0.1) is 24.5 Å². The molecule has 1 heterocycles. The Balaban J connectivity index is 1.64. The molecule has 1 aliphatic rings. The largest absolute Gasteiger partial charge is 0.368 e. The van der Waals surface area contributed by atoms with Crippen LogP contribution in [-0.4, -0.2) is 28.4 Å². The molecule has 1 aliphatic carbocycles. The third-order valence-corrected chi connectivity index (χ3v) is 4.59. The highest BCUT2D eigenvalue weighted by Gasteiger charge is 2.25. The first kappa shape index (κ1) is 17.6. The predicted octanol–water partition coefficient (Wildman–Crippen LogP) is 3.31. The van der Waals surface area contributed by atoms with E-state index in [1.165, 1.54) is 25.0 Å². The Morgan fingerprint density at radius 1 is 1.36 bits per heavy atom. The summed E-state index contributed by atoms with van der Waals surface area (Å²) >= 11 is 0. The summed E-state index contributed by atoms with van der Waals surface area (Å²) in [5, 5.41) is 7.35. The summed E-state index contributed by atoms with van der Waals surface area (Å²) in [6, 6.07) is 5.97. The number of aromatic nitrogens is 2. The van der Waals surface area contributed by atoms with Gasteiger partial charge in [-0.3, -0.25) is 4.79 Å². The average molecular weight is 345 g/mol. The molecule has 1 N–H and O–H groups in total. The van der Waals surface area contributed by atoms with Gasteiger partial charge in [0.15, 0.2) is 0 Å². The smallest absolute Gasteiger partial charge is 0.249 e. The minimum atomic E-state index is -0.463. The van der Waals surface area contributed by atoms with Crippen molar-refractivity contribution in [1.29, 1.82) is 0 Å². The third kappa shape index (κ3) is 4.25. The molecule has 0 aliphatic heterocycles. The maximum atomic E-state index is 13.1. The molecule has 0 spiro atoms. The number of amides is 1. The first-order valence-corrected chi connectivity index (χ1v) is 8.68. The number of ether oxygens (including phenoxy) is 1. The molecular formula is C19H24FN3O2. The molecule has 2 aromatic rings. The van der Waals surface area contributed by atoms with Gasteiger partial charge in [-0.15, -0.1) is 0 Å². The number of hydrogen-bond donors (Lipinski definition) is 1. The van der Waals surface area contributed by atoms with Gasteiger partial charge < -0.3 is 10.1 Å². The van der Waals surface area contributed by atoms with E-state index >= 15 is 0 Å². The van der Waals surface area contributed by atoms with E-state index in [2.05, 4.69) is 10.4 Å². The van der Waals surface area contributed by atoms with Crippen molar-refractivity contribution in [3.05, 3.63) is 47.5 Å². The monoisotopic (exact) mass is 345 g/mol. The maximum Gasteiger partial charge on any atom is 0.249 e. The standard InChI is InChI=1S/C19H24FN3O2/c1-12(22-19(24)14(3)25-11-15-4-5-15)18-10-21-23(13(18)2)17-8-6-16(20)7-9-17/h6-10,12,14-15H,4-5,11H2,1-3H3,(H,22,24)/t12-,14+/m0/s1. The Morgan fingerprint density at radius 3 is 2.68 bits per heavy atom. The molecule has 1 aromatic carbocycles.